The van der Waals surface area contributed by atoms with Gasteiger partial charge in [0.05, 0.1) is 0 Å². The smallest absolute Gasteiger partial charge is 0.115 e. The van der Waals surface area contributed by atoms with Crippen LogP contribution in [0.25, 0.3) is 0 Å². The number of phenolic OH excluding ortho intramolecular Hbond substituents is 1. The third kappa shape index (κ3) is 1.98. The number of benzene rings is 1. The lowest BCUT2D eigenvalue weighted by molar-refractivity contribution is 0.474. The Balaban J connectivity index is 2.94. The molecule has 0 radical (unpaired) electrons. The van der Waals surface area contributed by atoms with E-state index in [-0.39, 0.29) is 0 Å². The van der Waals surface area contributed by atoms with Crippen LogP contribution in [0.2, 0.25) is 0 Å². The fourth-order valence-corrected chi connectivity index (χ4v) is 1.32. The zero-order valence-electron chi connectivity index (χ0n) is 7.38. The predicted molar refractivity (Wildman–Crippen MR) is 50.0 cm³/mol. The topological polar surface area (TPSA) is 46.2 Å². The molecule has 66 valence electrons. The molecule has 0 aliphatic rings. The minimum atomic E-state index is 0.301. The normalized spacial score (nSPS) is 10.2. The van der Waals surface area contributed by atoms with Crippen LogP contribution in [0.1, 0.15) is 24.5 Å². The van der Waals surface area contributed by atoms with E-state index >= 15 is 0 Å². The van der Waals surface area contributed by atoms with Crippen LogP contribution in [-0.4, -0.2) is 5.11 Å². The van der Waals surface area contributed by atoms with Crippen molar-refractivity contribution in [2.75, 3.05) is 0 Å². The Bertz CT molecular complexity index is 258. The fourth-order valence-electron chi connectivity index (χ4n) is 1.32. The monoisotopic (exact) mass is 165 g/mol. The molecule has 0 heterocycles. The molecule has 0 bridgehead atoms. The number of aromatic hydroxyl groups is 1. The van der Waals surface area contributed by atoms with E-state index in [1.807, 2.05) is 6.07 Å². The molecule has 0 aliphatic heterocycles. The molecule has 0 amide bonds. The molecular formula is C10H15NO. The SMILES string of the molecule is CCCc1ccc(O)cc1CN. The van der Waals surface area contributed by atoms with Crippen molar-refractivity contribution in [2.45, 2.75) is 26.3 Å². The van der Waals surface area contributed by atoms with Crippen molar-refractivity contribution in [2.24, 2.45) is 5.73 Å². The summed E-state index contributed by atoms with van der Waals surface area (Å²) in [6.45, 7) is 2.64. The van der Waals surface area contributed by atoms with Gasteiger partial charge in [-0.1, -0.05) is 19.4 Å². The highest BCUT2D eigenvalue weighted by molar-refractivity contribution is 5.34. The Morgan fingerprint density at radius 1 is 1.33 bits per heavy atom. The predicted octanol–water partition coefficient (Wildman–Crippen LogP) is 1.80. The average molecular weight is 165 g/mol. The largest absolute Gasteiger partial charge is 0.508 e. The van der Waals surface area contributed by atoms with Crippen LogP contribution < -0.4 is 5.73 Å². The lowest BCUT2D eigenvalue weighted by atomic mass is 10.0. The van der Waals surface area contributed by atoms with Crippen LogP contribution in [0.3, 0.4) is 0 Å². The summed E-state index contributed by atoms with van der Waals surface area (Å²) in [6, 6.07) is 5.40. The summed E-state index contributed by atoms with van der Waals surface area (Å²) in [5.41, 5.74) is 7.84. The quantitative estimate of drug-likeness (QED) is 0.717. The Morgan fingerprint density at radius 2 is 2.08 bits per heavy atom. The molecular weight excluding hydrogens is 150 g/mol. The maximum atomic E-state index is 9.18. The van der Waals surface area contributed by atoms with Crippen molar-refractivity contribution in [3.05, 3.63) is 29.3 Å². The second-order valence-corrected chi connectivity index (χ2v) is 2.91. The van der Waals surface area contributed by atoms with E-state index in [2.05, 4.69) is 6.92 Å². The second-order valence-electron chi connectivity index (χ2n) is 2.91. The van der Waals surface area contributed by atoms with Gasteiger partial charge in [0, 0.05) is 6.54 Å². The Hall–Kier alpha value is -1.02. The maximum Gasteiger partial charge on any atom is 0.115 e. The molecule has 1 aromatic rings. The van der Waals surface area contributed by atoms with Crippen molar-refractivity contribution in [1.82, 2.24) is 0 Å². The molecule has 0 aliphatic carbocycles. The lowest BCUT2D eigenvalue weighted by Crippen LogP contribution is -2.00. The first kappa shape index (κ1) is 9.07. The van der Waals surface area contributed by atoms with E-state index in [0.29, 0.717) is 12.3 Å². The highest BCUT2D eigenvalue weighted by Crippen LogP contribution is 2.17. The minimum Gasteiger partial charge on any atom is -0.508 e. The van der Waals surface area contributed by atoms with E-state index in [1.54, 1.807) is 12.1 Å². The summed E-state index contributed by atoms with van der Waals surface area (Å²) in [5.74, 6) is 0.301. The van der Waals surface area contributed by atoms with Crippen LogP contribution >= 0.6 is 0 Å². The van der Waals surface area contributed by atoms with Gasteiger partial charge in [-0.05, 0) is 29.7 Å². The standard InChI is InChI=1S/C10H15NO/c1-2-3-8-4-5-10(12)6-9(8)7-11/h4-6,12H,2-3,7,11H2,1H3. The van der Waals surface area contributed by atoms with Gasteiger partial charge >= 0.3 is 0 Å². The fraction of sp³-hybridized carbons (Fsp3) is 0.400. The number of nitrogens with two attached hydrogens (primary N) is 1. The van der Waals surface area contributed by atoms with E-state index in [1.165, 1.54) is 5.56 Å². The number of hydrogen-bond donors (Lipinski definition) is 2. The first-order valence-electron chi connectivity index (χ1n) is 4.28. The molecule has 2 nitrogen and oxygen atoms in total. The van der Waals surface area contributed by atoms with Gasteiger partial charge in [0.15, 0.2) is 0 Å². The van der Waals surface area contributed by atoms with Gasteiger partial charge in [-0.2, -0.15) is 0 Å². The van der Waals surface area contributed by atoms with Crippen LogP contribution in [0.15, 0.2) is 18.2 Å². The summed E-state index contributed by atoms with van der Waals surface area (Å²) in [5, 5.41) is 9.18. The van der Waals surface area contributed by atoms with Crippen LogP contribution in [0, 0.1) is 0 Å². The molecule has 3 N–H and O–H groups in total. The average Bonchev–Trinajstić information content (AvgIpc) is 2.08. The number of phenols is 1. The van der Waals surface area contributed by atoms with Gasteiger partial charge in [-0.15, -0.1) is 0 Å². The molecule has 1 aromatic carbocycles. The molecule has 1 rings (SSSR count). The maximum absolute atomic E-state index is 9.18. The molecule has 2 heteroatoms. The highest BCUT2D eigenvalue weighted by Gasteiger charge is 2.00. The van der Waals surface area contributed by atoms with E-state index in [4.69, 9.17) is 5.73 Å². The molecule has 0 fully saturated rings. The Labute approximate surface area is 73.0 Å². The molecule has 0 saturated heterocycles. The summed E-state index contributed by atoms with van der Waals surface area (Å²) < 4.78 is 0. The molecule has 0 aromatic heterocycles. The van der Waals surface area contributed by atoms with Gasteiger partial charge in [-0.25, -0.2) is 0 Å². The van der Waals surface area contributed by atoms with Gasteiger partial charge in [0.25, 0.3) is 0 Å². The number of aryl methyl sites for hydroxylation is 1. The third-order valence-corrected chi connectivity index (χ3v) is 1.93. The Morgan fingerprint density at radius 3 is 2.67 bits per heavy atom. The van der Waals surface area contributed by atoms with E-state index in [9.17, 15) is 5.11 Å². The van der Waals surface area contributed by atoms with Crippen LogP contribution in [-0.2, 0) is 13.0 Å². The number of rotatable bonds is 3. The molecule has 0 saturated carbocycles. The first-order chi connectivity index (χ1) is 5.77. The summed E-state index contributed by atoms with van der Waals surface area (Å²) in [6.07, 6.45) is 2.14. The van der Waals surface area contributed by atoms with Gasteiger partial charge in [-0.3, -0.25) is 0 Å². The van der Waals surface area contributed by atoms with E-state index in [0.717, 1.165) is 18.4 Å². The van der Waals surface area contributed by atoms with Gasteiger partial charge in [0.1, 0.15) is 5.75 Å². The van der Waals surface area contributed by atoms with Crippen molar-refractivity contribution in [3.8, 4) is 5.75 Å². The molecule has 0 spiro atoms. The van der Waals surface area contributed by atoms with Crippen molar-refractivity contribution < 1.29 is 5.11 Å². The lowest BCUT2D eigenvalue weighted by Gasteiger charge is -2.06. The second kappa shape index (κ2) is 4.12. The zero-order valence-corrected chi connectivity index (χ0v) is 7.38. The van der Waals surface area contributed by atoms with Crippen LogP contribution in [0.5, 0.6) is 5.75 Å². The first-order valence-corrected chi connectivity index (χ1v) is 4.28. The summed E-state index contributed by atoms with van der Waals surface area (Å²) in [7, 11) is 0. The van der Waals surface area contributed by atoms with Gasteiger partial charge < -0.3 is 10.8 Å². The van der Waals surface area contributed by atoms with Crippen molar-refractivity contribution in [3.63, 3.8) is 0 Å². The summed E-state index contributed by atoms with van der Waals surface area (Å²) in [4.78, 5) is 0. The van der Waals surface area contributed by atoms with E-state index < -0.39 is 0 Å². The Kier molecular flexibility index (Phi) is 3.11. The molecule has 0 unspecified atom stereocenters. The minimum absolute atomic E-state index is 0.301. The van der Waals surface area contributed by atoms with Crippen molar-refractivity contribution in [1.29, 1.82) is 0 Å². The summed E-state index contributed by atoms with van der Waals surface area (Å²) >= 11 is 0. The zero-order chi connectivity index (χ0) is 8.97. The molecule has 0 atom stereocenters. The van der Waals surface area contributed by atoms with Gasteiger partial charge in [0.2, 0.25) is 0 Å². The third-order valence-electron chi connectivity index (χ3n) is 1.93. The number of hydrogen-bond acceptors (Lipinski definition) is 2. The highest BCUT2D eigenvalue weighted by atomic mass is 16.3. The molecule has 12 heavy (non-hydrogen) atoms. The van der Waals surface area contributed by atoms with Crippen molar-refractivity contribution >= 4 is 0 Å². The van der Waals surface area contributed by atoms with Crippen LogP contribution in [0.4, 0.5) is 0 Å².